The standard InChI is InChI=1S/C22H26FN5O/c1-13(2)17-9-18(27-26-17)21(29)25-19-10-22(3,4)11-20-16(19)12-24-28(20)15-7-5-6-14(23)8-15/h5-9,12-13,19H,10-11H2,1-4H3,(H,25,29)(H,26,27)/t19-/m0/s1. The molecular weight excluding hydrogens is 369 g/mol. The maximum atomic E-state index is 13.7. The van der Waals surface area contributed by atoms with Gasteiger partial charge in [-0.25, -0.2) is 9.07 Å². The molecule has 0 unspecified atom stereocenters. The third kappa shape index (κ3) is 3.81. The average Bonchev–Trinajstić information content (AvgIpc) is 3.28. The number of aromatic nitrogens is 4. The van der Waals surface area contributed by atoms with E-state index in [2.05, 4.69) is 34.5 Å². The molecule has 1 amide bonds. The van der Waals surface area contributed by atoms with Crippen LogP contribution in [0.2, 0.25) is 0 Å². The van der Waals surface area contributed by atoms with Crippen LogP contribution in [0.1, 0.15) is 73.5 Å². The van der Waals surface area contributed by atoms with Gasteiger partial charge < -0.3 is 5.32 Å². The number of fused-ring (bicyclic) bond motifs is 1. The molecule has 29 heavy (non-hydrogen) atoms. The summed E-state index contributed by atoms with van der Waals surface area (Å²) in [6, 6.07) is 8.02. The highest BCUT2D eigenvalue weighted by molar-refractivity contribution is 5.92. The molecule has 2 aromatic heterocycles. The number of rotatable bonds is 4. The molecule has 0 radical (unpaired) electrons. The Morgan fingerprint density at radius 1 is 1.34 bits per heavy atom. The highest BCUT2D eigenvalue weighted by Crippen LogP contribution is 2.41. The Hall–Kier alpha value is -2.96. The van der Waals surface area contributed by atoms with Crippen molar-refractivity contribution in [3.63, 3.8) is 0 Å². The summed E-state index contributed by atoms with van der Waals surface area (Å²) in [6.45, 7) is 8.44. The Morgan fingerprint density at radius 2 is 2.14 bits per heavy atom. The molecule has 0 aliphatic heterocycles. The summed E-state index contributed by atoms with van der Waals surface area (Å²) < 4.78 is 15.5. The van der Waals surface area contributed by atoms with Gasteiger partial charge in [0.25, 0.3) is 5.91 Å². The second kappa shape index (κ2) is 7.13. The second-order valence-electron chi connectivity index (χ2n) is 8.87. The highest BCUT2D eigenvalue weighted by atomic mass is 19.1. The van der Waals surface area contributed by atoms with Crippen molar-refractivity contribution in [1.82, 2.24) is 25.3 Å². The number of nitrogens with one attached hydrogen (secondary N) is 2. The molecular formula is C22H26FN5O. The van der Waals surface area contributed by atoms with Crippen molar-refractivity contribution in [3.8, 4) is 5.69 Å². The number of hydrogen-bond acceptors (Lipinski definition) is 3. The molecule has 7 heteroatoms. The van der Waals surface area contributed by atoms with Crippen LogP contribution in [0.5, 0.6) is 0 Å². The summed E-state index contributed by atoms with van der Waals surface area (Å²) in [5, 5.41) is 14.7. The SMILES string of the molecule is CC(C)c1cc(C(=O)N[C@H]2CC(C)(C)Cc3c2cnn3-c2cccc(F)c2)n[nH]1. The predicted octanol–water partition coefficient (Wildman–Crippen LogP) is 4.30. The summed E-state index contributed by atoms with van der Waals surface area (Å²) in [7, 11) is 0. The number of nitrogens with zero attached hydrogens (tertiary/aromatic N) is 3. The van der Waals surface area contributed by atoms with Crippen LogP contribution in [-0.2, 0) is 6.42 Å². The molecule has 3 aromatic rings. The van der Waals surface area contributed by atoms with E-state index in [0.29, 0.717) is 11.4 Å². The topological polar surface area (TPSA) is 75.6 Å². The summed E-state index contributed by atoms with van der Waals surface area (Å²) in [5.41, 5.74) is 3.94. The summed E-state index contributed by atoms with van der Waals surface area (Å²) in [6.07, 6.45) is 3.37. The Balaban J connectivity index is 1.65. The Labute approximate surface area is 169 Å². The van der Waals surface area contributed by atoms with Crippen molar-refractivity contribution in [2.45, 2.75) is 52.5 Å². The van der Waals surface area contributed by atoms with Crippen LogP contribution < -0.4 is 5.32 Å². The van der Waals surface area contributed by atoms with Crippen LogP contribution in [0.4, 0.5) is 4.39 Å². The largest absolute Gasteiger partial charge is 0.344 e. The zero-order chi connectivity index (χ0) is 20.8. The number of hydrogen-bond donors (Lipinski definition) is 2. The molecule has 0 fully saturated rings. The predicted molar refractivity (Wildman–Crippen MR) is 109 cm³/mol. The van der Waals surface area contributed by atoms with Gasteiger partial charge in [-0.1, -0.05) is 33.8 Å². The number of carbonyl (C=O) groups is 1. The molecule has 152 valence electrons. The lowest BCUT2D eigenvalue weighted by atomic mass is 9.74. The highest BCUT2D eigenvalue weighted by Gasteiger charge is 2.36. The first-order valence-corrected chi connectivity index (χ1v) is 9.92. The summed E-state index contributed by atoms with van der Waals surface area (Å²) in [5.74, 6) is -0.236. The lowest BCUT2D eigenvalue weighted by Crippen LogP contribution is -2.37. The van der Waals surface area contributed by atoms with Gasteiger partial charge >= 0.3 is 0 Å². The molecule has 2 N–H and O–H groups in total. The summed E-state index contributed by atoms with van der Waals surface area (Å²) >= 11 is 0. The molecule has 1 aliphatic carbocycles. The zero-order valence-electron chi connectivity index (χ0n) is 17.2. The van der Waals surface area contributed by atoms with Gasteiger partial charge in [0.15, 0.2) is 0 Å². The van der Waals surface area contributed by atoms with Crippen molar-refractivity contribution < 1.29 is 9.18 Å². The van der Waals surface area contributed by atoms with E-state index in [1.807, 2.05) is 19.9 Å². The lowest BCUT2D eigenvalue weighted by molar-refractivity contribution is 0.0914. The van der Waals surface area contributed by atoms with Gasteiger partial charge in [0.05, 0.1) is 23.6 Å². The molecule has 4 rings (SSSR count). The number of benzene rings is 1. The van der Waals surface area contributed by atoms with Crippen LogP contribution in [0, 0.1) is 11.2 Å². The minimum absolute atomic E-state index is 0.0370. The number of aromatic amines is 1. The maximum Gasteiger partial charge on any atom is 0.272 e. The quantitative estimate of drug-likeness (QED) is 0.691. The minimum Gasteiger partial charge on any atom is -0.344 e. The third-order valence-corrected chi connectivity index (χ3v) is 5.49. The van der Waals surface area contributed by atoms with Gasteiger partial charge in [-0.05, 0) is 48.4 Å². The van der Waals surface area contributed by atoms with Gasteiger partial charge in [0, 0.05) is 11.3 Å². The fourth-order valence-corrected chi connectivity index (χ4v) is 3.98. The van der Waals surface area contributed by atoms with Gasteiger partial charge in [-0.3, -0.25) is 9.89 Å². The number of H-pyrrole nitrogens is 1. The van der Waals surface area contributed by atoms with Gasteiger partial charge in [0.1, 0.15) is 11.5 Å². The molecule has 2 heterocycles. The fraction of sp³-hybridized carbons (Fsp3) is 0.409. The molecule has 0 bridgehead atoms. The molecule has 1 aromatic carbocycles. The van der Waals surface area contributed by atoms with Gasteiger partial charge in [-0.15, -0.1) is 0 Å². The molecule has 0 saturated carbocycles. The summed E-state index contributed by atoms with van der Waals surface area (Å²) in [4.78, 5) is 12.8. The molecule has 1 atom stereocenters. The first kappa shape index (κ1) is 19.4. The van der Waals surface area contributed by atoms with Crippen molar-refractivity contribution >= 4 is 5.91 Å². The van der Waals surface area contributed by atoms with Crippen LogP contribution in [-0.4, -0.2) is 25.9 Å². The van der Waals surface area contributed by atoms with Crippen molar-refractivity contribution in [3.05, 3.63) is 65.0 Å². The molecule has 0 spiro atoms. The van der Waals surface area contributed by atoms with Gasteiger partial charge in [0.2, 0.25) is 0 Å². The second-order valence-corrected chi connectivity index (χ2v) is 8.87. The molecule has 6 nitrogen and oxygen atoms in total. The first-order chi connectivity index (χ1) is 13.7. The number of amides is 1. The van der Waals surface area contributed by atoms with E-state index in [0.717, 1.165) is 29.8 Å². The normalized spacial score (nSPS) is 17.9. The number of halogens is 1. The Bertz CT molecular complexity index is 1050. The molecule has 0 saturated heterocycles. The van der Waals surface area contributed by atoms with E-state index in [-0.39, 0.29) is 29.1 Å². The Morgan fingerprint density at radius 3 is 2.83 bits per heavy atom. The van der Waals surface area contributed by atoms with E-state index in [4.69, 9.17) is 0 Å². The van der Waals surface area contributed by atoms with Crippen molar-refractivity contribution in [2.75, 3.05) is 0 Å². The zero-order valence-corrected chi connectivity index (χ0v) is 17.2. The maximum absolute atomic E-state index is 13.7. The lowest BCUT2D eigenvalue weighted by Gasteiger charge is -2.35. The monoisotopic (exact) mass is 395 g/mol. The van der Waals surface area contributed by atoms with Gasteiger partial charge in [-0.2, -0.15) is 10.2 Å². The van der Waals surface area contributed by atoms with Crippen LogP contribution >= 0.6 is 0 Å². The third-order valence-electron chi connectivity index (χ3n) is 5.49. The van der Waals surface area contributed by atoms with E-state index >= 15 is 0 Å². The average molecular weight is 395 g/mol. The van der Waals surface area contributed by atoms with E-state index < -0.39 is 0 Å². The minimum atomic E-state index is -0.300. The van der Waals surface area contributed by atoms with Crippen molar-refractivity contribution in [2.24, 2.45) is 5.41 Å². The Kier molecular flexibility index (Phi) is 4.76. The number of carbonyl (C=O) groups excluding carboxylic acids is 1. The van der Waals surface area contributed by atoms with Crippen molar-refractivity contribution in [1.29, 1.82) is 0 Å². The first-order valence-electron chi connectivity index (χ1n) is 9.92. The smallest absolute Gasteiger partial charge is 0.272 e. The van der Waals surface area contributed by atoms with E-state index in [9.17, 15) is 9.18 Å². The van der Waals surface area contributed by atoms with E-state index in [1.54, 1.807) is 23.0 Å². The fourth-order valence-electron chi connectivity index (χ4n) is 3.98. The van der Waals surface area contributed by atoms with Crippen LogP contribution in [0.25, 0.3) is 5.69 Å². The van der Waals surface area contributed by atoms with Crippen LogP contribution in [0.15, 0.2) is 36.5 Å². The van der Waals surface area contributed by atoms with E-state index in [1.165, 1.54) is 12.1 Å². The molecule has 1 aliphatic rings. The van der Waals surface area contributed by atoms with Crippen LogP contribution in [0.3, 0.4) is 0 Å².